The summed E-state index contributed by atoms with van der Waals surface area (Å²) in [6.45, 7) is 4.82. The molecule has 1 aromatic rings. The molecular weight excluding hydrogens is 226 g/mol. The second-order valence-corrected chi connectivity index (χ2v) is 4.98. The number of hydrogen-bond donors (Lipinski definition) is 1. The summed E-state index contributed by atoms with van der Waals surface area (Å²) < 4.78 is 5.38. The van der Waals surface area contributed by atoms with E-state index in [0.717, 1.165) is 5.92 Å². The van der Waals surface area contributed by atoms with Crippen LogP contribution in [0.5, 0.6) is 5.88 Å². The Morgan fingerprint density at radius 1 is 1.39 bits per heavy atom. The van der Waals surface area contributed by atoms with Crippen LogP contribution in [0.2, 0.25) is 0 Å². The molecule has 1 saturated carbocycles. The van der Waals surface area contributed by atoms with E-state index in [2.05, 4.69) is 22.2 Å². The second kappa shape index (κ2) is 6.57. The Kier molecular flexibility index (Phi) is 4.79. The molecule has 0 spiro atoms. The molecule has 1 fully saturated rings. The van der Waals surface area contributed by atoms with E-state index < -0.39 is 0 Å². The van der Waals surface area contributed by atoms with Crippen molar-refractivity contribution in [2.24, 2.45) is 5.92 Å². The van der Waals surface area contributed by atoms with Gasteiger partial charge in [-0.25, -0.2) is 4.98 Å². The van der Waals surface area contributed by atoms with Gasteiger partial charge in [0.2, 0.25) is 11.8 Å². The van der Waals surface area contributed by atoms with Crippen LogP contribution < -0.4 is 10.1 Å². The van der Waals surface area contributed by atoms with Gasteiger partial charge in [0.05, 0.1) is 6.61 Å². The fourth-order valence-corrected chi connectivity index (χ4v) is 2.60. The van der Waals surface area contributed by atoms with Crippen molar-refractivity contribution in [1.29, 1.82) is 0 Å². The van der Waals surface area contributed by atoms with Crippen molar-refractivity contribution in [3.63, 3.8) is 0 Å². The predicted octanol–water partition coefficient (Wildman–Crippen LogP) is 3.26. The molecule has 0 amide bonds. The lowest BCUT2D eigenvalue weighted by molar-refractivity contribution is 0.322. The van der Waals surface area contributed by atoms with Gasteiger partial charge in [-0.3, -0.25) is 0 Å². The van der Waals surface area contributed by atoms with Crippen LogP contribution in [0.25, 0.3) is 0 Å². The third-order valence-electron chi connectivity index (χ3n) is 3.64. The molecule has 1 unspecified atom stereocenters. The van der Waals surface area contributed by atoms with Crippen LogP contribution in [0.15, 0.2) is 12.3 Å². The van der Waals surface area contributed by atoms with Gasteiger partial charge < -0.3 is 10.1 Å². The van der Waals surface area contributed by atoms with Crippen molar-refractivity contribution in [2.75, 3.05) is 11.9 Å². The van der Waals surface area contributed by atoms with Crippen LogP contribution in [0.3, 0.4) is 0 Å². The molecule has 4 heteroatoms. The average molecular weight is 249 g/mol. The van der Waals surface area contributed by atoms with Crippen molar-refractivity contribution in [3.05, 3.63) is 12.3 Å². The predicted molar refractivity (Wildman–Crippen MR) is 72.9 cm³/mol. The van der Waals surface area contributed by atoms with Crippen LogP contribution in [0, 0.1) is 5.92 Å². The van der Waals surface area contributed by atoms with Gasteiger partial charge in [-0.05, 0) is 32.6 Å². The quantitative estimate of drug-likeness (QED) is 0.870. The molecule has 2 rings (SSSR count). The maximum absolute atomic E-state index is 5.38. The van der Waals surface area contributed by atoms with Gasteiger partial charge in [0, 0.05) is 18.3 Å². The van der Waals surface area contributed by atoms with Gasteiger partial charge in [0.15, 0.2) is 0 Å². The molecule has 1 atom stereocenters. The molecule has 0 aliphatic heterocycles. The molecule has 100 valence electrons. The van der Waals surface area contributed by atoms with E-state index in [1.807, 2.05) is 6.92 Å². The van der Waals surface area contributed by atoms with Gasteiger partial charge in [-0.1, -0.05) is 19.3 Å². The van der Waals surface area contributed by atoms with Crippen molar-refractivity contribution in [1.82, 2.24) is 9.97 Å². The lowest BCUT2D eigenvalue weighted by Crippen LogP contribution is -2.28. The first-order valence-corrected chi connectivity index (χ1v) is 7.02. The second-order valence-electron chi connectivity index (χ2n) is 4.98. The number of nitrogens with zero attached hydrogens (tertiary/aromatic N) is 2. The van der Waals surface area contributed by atoms with Crippen LogP contribution in [0.1, 0.15) is 46.0 Å². The Morgan fingerprint density at radius 2 is 2.17 bits per heavy atom. The first-order chi connectivity index (χ1) is 8.79. The van der Waals surface area contributed by atoms with E-state index >= 15 is 0 Å². The van der Waals surface area contributed by atoms with E-state index in [-0.39, 0.29) is 0 Å². The third kappa shape index (κ3) is 3.59. The first-order valence-electron chi connectivity index (χ1n) is 7.02. The molecule has 0 saturated heterocycles. The van der Waals surface area contributed by atoms with Gasteiger partial charge in [0.1, 0.15) is 0 Å². The van der Waals surface area contributed by atoms with Gasteiger partial charge in [-0.2, -0.15) is 4.98 Å². The zero-order chi connectivity index (χ0) is 12.8. The highest BCUT2D eigenvalue weighted by Crippen LogP contribution is 2.27. The number of anilines is 1. The Morgan fingerprint density at radius 3 is 2.89 bits per heavy atom. The van der Waals surface area contributed by atoms with Crippen LogP contribution in [-0.4, -0.2) is 22.6 Å². The molecule has 4 nitrogen and oxygen atoms in total. The fraction of sp³-hybridized carbons (Fsp3) is 0.714. The summed E-state index contributed by atoms with van der Waals surface area (Å²) in [4.78, 5) is 8.61. The Labute approximate surface area is 109 Å². The molecule has 0 aromatic carbocycles. The zero-order valence-corrected chi connectivity index (χ0v) is 11.4. The summed E-state index contributed by atoms with van der Waals surface area (Å²) >= 11 is 0. The molecule has 1 N–H and O–H groups in total. The van der Waals surface area contributed by atoms with E-state index in [4.69, 9.17) is 4.74 Å². The van der Waals surface area contributed by atoms with Crippen LogP contribution >= 0.6 is 0 Å². The summed E-state index contributed by atoms with van der Waals surface area (Å²) in [5.41, 5.74) is 0. The maximum Gasteiger partial charge on any atom is 0.226 e. The zero-order valence-electron chi connectivity index (χ0n) is 11.4. The normalized spacial score (nSPS) is 18.3. The van der Waals surface area contributed by atoms with Gasteiger partial charge >= 0.3 is 0 Å². The summed E-state index contributed by atoms with van der Waals surface area (Å²) in [5.74, 6) is 2.07. The van der Waals surface area contributed by atoms with E-state index in [1.165, 1.54) is 32.1 Å². The summed E-state index contributed by atoms with van der Waals surface area (Å²) in [6.07, 6.45) is 8.49. The summed E-state index contributed by atoms with van der Waals surface area (Å²) in [6, 6.07) is 2.22. The molecular formula is C14H23N3O. The Hall–Kier alpha value is -1.32. The number of rotatable bonds is 5. The average Bonchev–Trinajstić information content (AvgIpc) is 2.40. The Balaban J connectivity index is 1.93. The van der Waals surface area contributed by atoms with Gasteiger partial charge in [0.25, 0.3) is 0 Å². The van der Waals surface area contributed by atoms with E-state index in [0.29, 0.717) is 24.5 Å². The van der Waals surface area contributed by atoms with Crippen molar-refractivity contribution in [2.45, 2.75) is 52.0 Å². The highest BCUT2D eigenvalue weighted by molar-refractivity contribution is 5.28. The van der Waals surface area contributed by atoms with Crippen molar-refractivity contribution in [3.8, 4) is 5.88 Å². The lowest BCUT2D eigenvalue weighted by atomic mass is 9.85. The topological polar surface area (TPSA) is 47.0 Å². The standard InChI is InChI=1S/C14H23N3O/c1-3-18-13-9-10-15-14(17-13)16-11(2)12-7-5-4-6-8-12/h9-12H,3-8H2,1-2H3,(H,15,16,17). The molecule has 1 aliphatic carbocycles. The SMILES string of the molecule is CCOc1ccnc(NC(C)C2CCCCC2)n1. The van der Waals surface area contributed by atoms with Crippen LogP contribution in [-0.2, 0) is 0 Å². The number of ether oxygens (including phenoxy) is 1. The van der Waals surface area contributed by atoms with Crippen molar-refractivity contribution < 1.29 is 4.74 Å². The van der Waals surface area contributed by atoms with E-state index in [1.54, 1.807) is 12.3 Å². The van der Waals surface area contributed by atoms with Crippen molar-refractivity contribution >= 4 is 5.95 Å². The minimum Gasteiger partial charge on any atom is -0.478 e. The smallest absolute Gasteiger partial charge is 0.226 e. The Bertz CT molecular complexity index is 364. The molecule has 0 bridgehead atoms. The molecule has 1 aliphatic rings. The number of aromatic nitrogens is 2. The number of hydrogen-bond acceptors (Lipinski definition) is 4. The van der Waals surface area contributed by atoms with E-state index in [9.17, 15) is 0 Å². The maximum atomic E-state index is 5.38. The lowest BCUT2D eigenvalue weighted by Gasteiger charge is -2.28. The monoisotopic (exact) mass is 249 g/mol. The minimum absolute atomic E-state index is 0.433. The largest absolute Gasteiger partial charge is 0.478 e. The fourth-order valence-electron chi connectivity index (χ4n) is 2.60. The first kappa shape index (κ1) is 13.1. The van der Waals surface area contributed by atoms with Crippen LogP contribution in [0.4, 0.5) is 5.95 Å². The van der Waals surface area contributed by atoms with Gasteiger partial charge in [-0.15, -0.1) is 0 Å². The molecule has 1 heterocycles. The summed E-state index contributed by atoms with van der Waals surface area (Å²) in [5, 5.41) is 3.41. The molecule has 0 radical (unpaired) electrons. The third-order valence-corrected chi connectivity index (χ3v) is 3.64. The highest BCUT2D eigenvalue weighted by Gasteiger charge is 2.20. The molecule has 18 heavy (non-hydrogen) atoms. The number of nitrogens with one attached hydrogen (secondary N) is 1. The minimum atomic E-state index is 0.433. The molecule has 1 aromatic heterocycles. The summed E-state index contributed by atoms with van der Waals surface area (Å²) in [7, 11) is 0. The highest BCUT2D eigenvalue weighted by atomic mass is 16.5.